The number of fused-ring (bicyclic) bond motifs is 1. The molecular formula is C33H53N3O6S. The summed E-state index contributed by atoms with van der Waals surface area (Å²) in [4.78, 5) is 44.5. The molecule has 7 atom stereocenters. The molecule has 1 amide bonds. The number of aliphatic hydroxyl groups excluding tert-OH is 1. The number of nitrogens with one attached hydrogen (secondary N) is 1. The Hall–Kier alpha value is -2.14. The van der Waals surface area contributed by atoms with Crippen LogP contribution in [0.5, 0.6) is 0 Å². The predicted molar refractivity (Wildman–Crippen MR) is 169 cm³/mol. The third kappa shape index (κ3) is 9.67. The number of rotatable bonds is 8. The average Bonchev–Trinajstić information content (AvgIpc) is 3.38. The largest absolute Gasteiger partial charge is 0.461 e. The van der Waals surface area contributed by atoms with Crippen molar-refractivity contribution in [2.45, 2.75) is 136 Å². The SMILES string of the molecule is CC(=Cc1csc(C)n1)C1CC2OC2(C)CCCC(C)C(OC(=O)CCCCCN)C(C)C(=O)C(C)(C)C(O)CC(=O)N1. The topological polar surface area (TPSA) is 144 Å². The standard InChI is InChI=1S/C33H53N3O6S/c1-20-12-11-14-33(7)27(42-33)17-25(21(2)16-24-19-43-23(4)35-24)36-28(38)18-26(37)32(5,6)31(40)22(3)30(20)41-29(39)13-9-8-10-15-34/h16,19-20,22,25-27,30,37H,8-15,17-18,34H2,1-7H3,(H,36,38). The summed E-state index contributed by atoms with van der Waals surface area (Å²) in [5, 5.41) is 17.3. The zero-order valence-corrected chi connectivity index (χ0v) is 27.9. The maximum atomic E-state index is 13.9. The second kappa shape index (κ2) is 15.2. The second-order valence-corrected chi connectivity index (χ2v) is 14.5. The van der Waals surface area contributed by atoms with E-state index in [-0.39, 0.29) is 54.2 Å². The fourth-order valence-electron chi connectivity index (χ4n) is 6.20. The van der Waals surface area contributed by atoms with Crippen LogP contribution in [0.2, 0.25) is 0 Å². The van der Waals surface area contributed by atoms with Crippen LogP contribution in [0.3, 0.4) is 0 Å². The summed E-state index contributed by atoms with van der Waals surface area (Å²) in [6, 6.07) is -0.299. The molecule has 2 aliphatic rings. The maximum absolute atomic E-state index is 13.9. The summed E-state index contributed by atoms with van der Waals surface area (Å²) < 4.78 is 12.2. The highest BCUT2D eigenvalue weighted by atomic mass is 32.1. The maximum Gasteiger partial charge on any atom is 0.306 e. The summed E-state index contributed by atoms with van der Waals surface area (Å²) in [6.45, 7) is 13.7. The van der Waals surface area contributed by atoms with Crippen molar-refractivity contribution in [3.63, 3.8) is 0 Å². The van der Waals surface area contributed by atoms with Crippen LogP contribution in [0, 0.1) is 24.2 Å². The number of ether oxygens (including phenoxy) is 2. The molecular weight excluding hydrogens is 566 g/mol. The van der Waals surface area contributed by atoms with Gasteiger partial charge in [0.25, 0.3) is 0 Å². The Labute approximate surface area is 261 Å². The highest BCUT2D eigenvalue weighted by Crippen LogP contribution is 2.44. The molecule has 2 saturated heterocycles. The van der Waals surface area contributed by atoms with Crippen LogP contribution < -0.4 is 11.1 Å². The first-order valence-electron chi connectivity index (χ1n) is 15.9. The van der Waals surface area contributed by atoms with Crippen LogP contribution in [0.4, 0.5) is 0 Å². The van der Waals surface area contributed by atoms with Gasteiger partial charge in [-0.1, -0.05) is 40.5 Å². The minimum Gasteiger partial charge on any atom is -0.461 e. The molecule has 0 bridgehead atoms. The van der Waals surface area contributed by atoms with E-state index in [0.717, 1.165) is 48.4 Å². The lowest BCUT2D eigenvalue weighted by Crippen LogP contribution is -2.48. The third-order valence-electron chi connectivity index (χ3n) is 9.38. The Kier molecular flexibility index (Phi) is 12.5. The summed E-state index contributed by atoms with van der Waals surface area (Å²) in [6.07, 6.45) is 5.59. The van der Waals surface area contributed by atoms with E-state index in [1.807, 2.05) is 32.2 Å². The van der Waals surface area contributed by atoms with Gasteiger partial charge in [0.15, 0.2) is 0 Å². The van der Waals surface area contributed by atoms with Gasteiger partial charge in [0.1, 0.15) is 11.9 Å². The number of aryl methyl sites for hydroxylation is 1. The van der Waals surface area contributed by atoms with Crippen molar-refractivity contribution >= 4 is 35.1 Å². The van der Waals surface area contributed by atoms with E-state index in [1.165, 1.54) is 0 Å². The normalized spacial score (nSPS) is 32.5. The molecule has 3 heterocycles. The van der Waals surface area contributed by atoms with E-state index in [1.54, 1.807) is 32.1 Å². The van der Waals surface area contributed by atoms with Gasteiger partial charge >= 0.3 is 5.97 Å². The lowest BCUT2D eigenvalue weighted by atomic mass is 9.72. The van der Waals surface area contributed by atoms with Gasteiger partial charge in [0.05, 0.1) is 52.3 Å². The van der Waals surface area contributed by atoms with Gasteiger partial charge in [-0.2, -0.15) is 0 Å². The lowest BCUT2D eigenvalue weighted by molar-refractivity contribution is -0.160. The zero-order chi connectivity index (χ0) is 31.9. The molecule has 0 spiro atoms. The summed E-state index contributed by atoms with van der Waals surface area (Å²) in [5.74, 6) is -1.60. The number of carbonyl (C=O) groups excluding carboxylic acids is 3. The Morgan fingerprint density at radius 2 is 1.98 bits per heavy atom. The molecule has 1 aromatic rings. The predicted octanol–water partition coefficient (Wildman–Crippen LogP) is 5.12. The zero-order valence-electron chi connectivity index (χ0n) is 27.1. The monoisotopic (exact) mass is 619 g/mol. The molecule has 242 valence electrons. The molecule has 4 N–H and O–H groups in total. The molecule has 10 heteroatoms. The fourth-order valence-corrected chi connectivity index (χ4v) is 6.77. The number of aliphatic hydroxyl groups is 1. The van der Waals surface area contributed by atoms with E-state index < -0.39 is 23.5 Å². The quantitative estimate of drug-likeness (QED) is 0.207. The van der Waals surface area contributed by atoms with Gasteiger partial charge in [-0.05, 0) is 70.6 Å². The van der Waals surface area contributed by atoms with Gasteiger partial charge in [0.2, 0.25) is 5.91 Å². The van der Waals surface area contributed by atoms with Crippen molar-refractivity contribution in [1.29, 1.82) is 0 Å². The number of hydrogen-bond donors (Lipinski definition) is 3. The summed E-state index contributed by atoms with van der Waals surface area (Å²) in [5.41, 5.74) is 5.84. The highest BCUT2D eigenvalue weighted by Gasteiger charge is 2.52. The smallest absolute Gasteiger partial charge is 0.306 e. The van der Waals surface area contributed by atoms with Gasteiger partial charge in [0, 0.05) is 18.2 Å². The molecule has 1 aromatic heterocycles. The van der Waals surface area contributed by atoms with Crippen molar-refractivity contribution in [1.82, 2.24) is 10.3 Å². The van der Waals surface area contributed by atoms with Crippen LogP contribution in [-0.2, 0) is 23.9 Å². The molecule has 2 fully saturated rings. The van der Waals surface area contributed by atoms with Crippen LogP contribution in [-0.4, -0.2) is 64.2 Å². The Balaban J connectivity index is 1.82. The van der Waals surface area contributed by atoms with E-state index in [4.69, 9.17) is 15.2 Å². The number of nitrogens with zero attached hydrogens (tertiary/aromatic N) is 1. The number of nitrogens with two attached hydrogens (primary N) is 1. The molecule has 0 aliphatic carbocycles. The molecule has 9 nitrogen and oxygen atoms in total. The number of carbonyl (C=O) groups is 3. The first-order valence-corrected chi connectivity index (χ1v) is 16.7. The molecule has 3 rings (SSSR count). The Bertz CT molecular complexity index is 1150. The van der Waals surface area contributed by atoms with Crippen LogP contribution in [0.25, 0.3) is 6.08 Å². The number of epoxide rings is 1. The fraction of sp³-hybridized carbons (Fsp3) is 0.758. The number of thiazole rings is 1. The Morgan fingerprint density at radius 3 is 2.63 bits per heavy atom. The number of aromatic nitrogens is 1. The lowest BCUT2D eigenvalue weighted by Gasteiger charge is -2.36. The average molecular weight is 620 g/mol. The van der Waals surface area contributed by atoms with Crippen LogP contribution >= 0.6 is 11.3 Å². The van der Waals surface area contributed by atoms with Crippen molar-refractivity contribution in [2.24, 2.45) is 23.0 Å². The highest BCUT2D eigenvalue weighted by molar-refractivity contribution is 7.09. The number of amides is 1. The number of hydrogen-bond acceptors (Lipinski definition) is 9. The third-order valence-corrected chi connectivity index (χ3v) is 10.2. The van der Waals surface area contributed by atoms with Gasteiger partial charge in [-0.3, -0.25) is 14.4 Å². The second-order valence-electron chi connectivity index (χ2n) is 13.5. The Morgan fingerprint density at radius 1 is 1.26 bits per heavy atom. The molecule has 2 aliphatic heterocycles. The molecule has 7 unspecified atom stereocenters. The van der Waals surface area contributed by atoms with Gasteiger partial charge in [-0.25, -0.2) is 4.98 Å². The van der Waals surface area contributed by atoms with Crippen molar-refractivity contribution < 1.29 is 29.0 Å². The molecule has 0 aromatic carbocycles. The van der Waals surface area contributed by atoms with E-state index in [2.05, 4.69) is 17.2 Å². The van der Waals surface area contributed by atoms with Crippen molar-refractivity contribution in [3.05, 3.63) is 21.7 Å². The molecule has 43 heavy (non-hydrogen) atoms. The number of unbranched alkanes of at least 4 members (excludes halogenated alkanes) is 2. The van der Waals surface area contributed by atoms with Crippen molar-refractivity contribution in [2.75, 3.05) is 6.54 Å². The summed E-state index contributed by atoms with van der Waals surface area (Å²) in [7, 11) is 0. The van der Waals surface area contributed by atoms with E-state index in [9.17, 15) is 19.5 Å². The van der Waals surface area contributed by atoms with Gasteiger partial charge in [-0.15, -0.1) is 11.3 Å². The van der Waals surface area contributed by atoms with Gasteiger partial charge < -0.3 is 25.6 Å². The van der Waals surface area contributed by atoms with Crippen LogP contribution in [0.15, 0.2) is 11.0 Å². The molecule has 0 saturated carbocycles. The minimum absolute atomic E-state index is 0.0226. The number of Topliss-reactive ketones (excluding diaryl/α,β-unsaturated/α-hetero) is 1. The van der Waals surface area contributed by atoms with E-state index >= 15 is 0 Å². The number of ketones is 1. The minimum atomic E-state index is -1.23. The number of esters is 1. The molecule has 0 radical (unpaired) electrons. The van der Waals surface area contributed by atoms with Crippen molar-refractivity contribution in [3.8, 4) is 0 Å². The van der Waals surface area contributed by atoms with Crippen LogP contribution in [0.1, 0.15) is 110 Å². The first-order chi connectivity index (χ1) is 20.2. The summed E-state index contributed by atoms with van der Waals surface area (Å²) >= 11 is 1.57. The first kappa shape index (κ1) is 35.3. The van der Waals surface area contributed by atoms with E-state index in [0.29, 0.717) is 19.4 Å².